The van der Waals surface area contributed by atoms with E-state index >= 15 is 0 Å². The Morgan fingerprint density at radius 2 is 2.37 bits per heavy atom. The minimum absolute atomic E-state index is 0.0519. The summed E-state index contributed by atoms with van der Waals surface area (Å²) < 4.78 is 4.74. The van der Waals surface area contributed by atoms with Crippen LogP contribution in [0.2, 0.25) is 0 Å². The molecule has 1 saturated heterocycles. The van der Waals surface area contributed by atoms with Crippen molar-refractivity contribution in [3.05, 3.63) is 47.6 Å². The maximum Gasteiger partial charge on any atom is 0.223 e. The van der Waals surface area contributed by atoms with Crippen molar-refractivity contribution >= 4 is 5.91 Å². The first kappa shape index (κ1) is 11.9. The normalized spacial score (nSPS) is 19.1. The Morgan fingerprint density at radius 3 is 3.11 bits per heavy atom. The summed E-state index contributed by atoms with van der Waals surface area (Å²) in [6.45, 7) is 3.36. The SMILES string of the molecule is Cc1cccc(CN2CC(c3ncon3)CC2=O)c1. The molecule has 98 valence electrons. The highest BCUT2D eigenvalue weighted by molar-refractivity contribution is 5.79. The molecular weight excluding hydrogens is 242 g/mol. The van der Waals surface area contributed by atoms with E-state index in [2.05, 4.69) is 29.2 Å². The van der Waals surface area contributed by atoms with Crippen LogP contribution in [0.5, 0.6) is 0 Å². The van der Waals surface area contributed by atoms with Gasteiger partial charge in [-0.15, -0.1) is 0 Å². The summed E-state index contributed by atoms with van der Waals surface area (Å²) in [5.74, 6) is 0.826. The lowest BCUT2D eigenvalue weighted by Gasteiger charge is -2.16. The topological polar surface area (TPSA) is 59.2 Å². The van der Waals surface area contributed by atoms with Gasteiger partial charge in [0.15, 0.2) is 5.82 Å². The molecular formula is C14H15N3O2. The zero-order valence-electron chi connectivity index (χ0n) is 10.7. The Labute approximate surface area is 111 Å². The number of benzene rings is 1. The summed E-state index contributed by atoms with van der Waals surface area (Å²) in [6, 6.07) is 8.22. The molecule has 3 rings (SSSR count). The average Bonchev–Trinajstić information content (AvgIpc) is 3.00. The first-order valence-corrected chi connectivity index (χ1v) is 6.32. The van der Waals surface area contributed by atoms with Crippen LogP contribution in [0.15, 0.2) is 35.2 Å². The van der Waals surface area contributed by atoms with Crippen molar-refractivity contribution in [1.29, 1.82) is 0 Å². The van der Waals surface area contributed by atoms with Gasteiger partial charge in [-0.3, -0.25) is 4.79 Å². The molecule has 2 aromatic rings. The molecule has 0 N–H and O–H groups in total. The molecule has 0 saturated carbocycles. The number of carbonyl (C=O) groups is 1. The van der Waals surface area contributed by atoms with E-state index in [0.717, 1.165) is 5.56 Å². The van der Waals surface area contributed by atoms with Gasteiger partial charge in [-0.2, -0.15) is 4.98 Å². The van der Waals surface area contributed by atoms with Crippen molar-refractivity contribution in [3.8, 4) is 0 Å². The number of likely N-dealkylation sites (tertiary alicyclic amines) is 1. The second-order valence-corrected chi connectivity index (χ2v) is 4.95. The molecule has 1 amide bonds. The van der Waals surface area contributed by atoms with Gasteiger partial charge in [-0.25, -0.2) is 0 Å². The Hall–Kier alpha value is -2.17. The number of hydrogen-bond donors (Lipinski definition) is 0. The van der Waals surface area contributed by atoms with Crippen molar-refractivity contribution in [2.75, 3.05) is 6.54 Å². The molecule has 1 unspecified atom stereocenters. The molecule has 5 nitrogen and oxygen atoms in total. The van der Waals surface area contributed by atoms with Gasteiger partial charge < -0.3 is 9.42 Å². The van der Waals surface area contributed by atoms with Gasteiger partial charge in [0.25, 0.3) is 0 Å². The molecule has 0 radical (unpaired) electrons. The van der Waals surface area contributed by atoms with Gasteiger partial charge in [-0.05, 0) is 12.5 Å². The second-order valence-electron chi connectivity index (χ2n) is 4.95. The van der Waals surface area contributed by atoms with Crippen LogP contribution in [0, 0.1) is 6.92 Å². The largest absolute Gasteiger partial charge is 0.343 e. The van der Waals surface area contributed by atoms with Crippen molar-refractivity contribution in [2.45, 2.75) is 25.8 Å². The predicted molar refractivity (Wildman–Crippen MR) is 68.3 cm³/mol. The van der Waals surface area contributed by atoms with Crippen molar-refractivity contribution in [3.63, 3.8) is 0 Å². The Balaban J connectivity index is 1.71. The highest BCUT2D eigenvalue weighted by Crippen LogP contribution is 2.26. The molecule has 1 aliphatic heterocycles. The van der Waals surface area contributed by atoms with Crippen LogP contribution < -0.4 is 0 Å². The molecule has 19 heavy (non-hydrogen) atoms. The second kappa shape index (κ2) is 4.84. The lowest BCUT2D eigenvalue weighted by atomic mass is 10.1. The van der Waals surface area contributed by atoms with Crippen molar-refractivity contribution in [2.24, 2.45) is 0 Å². The molecule has 2 heterocycles. The predicted octanol–water partition coefficient (Wildman–Crippen LogP) is 1.89. The molecule has 0 spiro atoms. The Bertz CT molecular complexity index is 580. The summed E-state index contributed by atoms with van der Waals surface area (Å²) in [5, 5.41) is 3.82. The minimum atomic E-state index is 0.0519. The average molecular weight is 257 g/mol. The van der Waals surface area contributed by atoms with Crippen LogP contribution in [-0.4, -0.2) is 27.5 Å². The summed E-state index contributed by atoms with van der Waals surface area (Å²) in [5.41, 5.74) is 2.36. The van der Waals surface area contributed by atoms with E-state index in [1.165, 1.54) is 12.0 Å². The van der Waals surface area contributed by atoms with Crippen molar-refractivity contribution in [1.82, 2.24) is 15.0 Å². The Kier molecular flexibility index (Phi) is 3.03. The monoisotopic (exact) mass is 257 g/mol. The van der Waals surface area contributed by atoms with Gasteiger partial charge in [-0.1, -0.05) is 35.0 Å². The van der Waals surface area contributed by atoms with Crippen LogP contribution in [0.25, 0.3) is 0 Å². The molecule has 5 heteroatoms. The van der Waals surface area contributed by atoms with Gasteiger partial charge in [0.2, 0.25) is 12.3 Å². The molecule has 0 aliphatic carbocycles. The molecule has 1 aromatic carbocycles. The fourth-order valence-corrected chi connectivity index (χ4v) is 2.49. The number of aromatic nitrogens is 2. The van der Waals surface area contributed by atoms with Crippen LogP contribution in [-0.2, 0) is 11.3 Å². The lowest BCUT2D eigenvalue weighted by molar-refractivity contribution is -0.128. The number of hydrogen-bond acceptors (Lipinski definition) is 4. The van der Waals surface area contributed by atoms with Crippen LogP contribution in [0.3, 0.4) is 0 Å². The standard InChI is InChI=1S/C14H15N3O2/c1-10-3-2-4-11(5-10)7-17-8-12(6-13(17)18)14-15-9-19-16-14/h2-5,9,12H,6-8H2,1H3. The van der Waals surface area contributed by atoms with E-state index in [-0.39, 0.29) is 11.8 Å². The van der Waals surface area contributed by atoms with E-state index in [1.807, 2.05) is 17.0 Å². The van der Waals surface area contributed by atoms with Gasteiger partial charge >= 0.3 is 0 Å². The van der Waals surface area contributed by atoms with Crippen LogP contribution in [0.1, 0.15) is 29.3 Å². The molecule has 0 bridgehead atoms. The summed E-state index contributed by atoms with van der Waals surface area (Å²) in [7, 11) is 0. The number of carbonyl (C=O) groups excluding carboxylic acids is 1. The zero-order chi connectivity index (χ0) is 13.2. The third-order valence-electron chi connectivity index (χ3n) is 3.41. The first-order chi connectivity index (χ1) is 9.22. The number of amides is 1. The molecule has 1 atom stereocenters. The van der Waals surface area contributed by atoms with E-state index in [1.54, 1.807) is 0 Å². The number of aryl methyl sites for hydroxylation is 1. The fourth-order valence-electron chi connectivity index (χ4n) is 2.49. The van der Waals surface area contributed by atoms with E-state index in [0.29, 0.717) is 25.3 Å². The number of rotatable bonds is 3. The molecule has 1 aliphatic rings. The summed E-state index contributed by atoms with van der Waals surface area (Å²) in [4.78, 5) is 17.9. The zero-order valence-corrected chi connectivity index (χ0v) is 10.7. The van der Waals surface area contributed by atoms with Gasteiger partial charge in [0, 0.05) is 25.4 Å². The fraction of sp³-hybridized carbons (Fsp3) is 0.357. The molecule has 1 fully saturated rings. The first-order valence-electron chi connectivity index (χ1n) is 6.32. The van der Waals surface area contributed by atoms with Crippen LogP contribution >= 0.6 is 0 Å². The minimum Gasteiger partial charge on any atom is -0.343 e. The third kappa shape index (κ3) is 2.50. The lowest BCUT2D eigenvalue weighted by Crippen LogP contribution is -2.24. The third-order valence-corrected chi connectivity index (χ3v) is 3.41. The number of nitrogens with zero attached hydrogens (tertiary/aromatic N) is 3. The smallest absolute Gasteiger partial charge is 0.223 e. The Morgan fingerprint density at radius 1 is 1.47 bits per heavy atom. The highest BCUT2D eigenvalue weighted by atomic mass is 16.5. The van der Waals surface area contributed by atoms with Gasteiger partial charge in [0.05, 0.1) is 0 Å². The summed E-state index contributed by atoms with van der Waals surface area (Å²) >= 11 is 0. The van der Waals surface area contributed by atoms with E-state index < -0.39 is 0 Å². The van der Waals surface area contributed by atoms with E-state index in [9.17, 15) is 4.79 Å². The van der Waals surface area contributed by atoms with E-state index in [4.69, 9.17) is 4.52 Å². The summed E-state index contributed by atoms with van der Waals surface area (Å²) in [6.07, 6.45) is 1.77. The molecule has 1 aromatic heterocycles. The highest BCUT2D eigenvalue weighted by Gasteiger charge is 2.32. The van der Waals surface area contributed by atoms with Crippen LogP contribution in [0.4, 0.5) is 0 Å². The maximum atomic E-state index is 12.0. The van der Waals surface area contributed by atoms with Gasteiger partial charge in [0.1, 0.15) is 0 Å². The quantitative estimate of drug-likeness (QED) is 0.842. The van der Waals surface area contributed by atoms with Crippen molar-refractivity contribution < 1.29 is 9.32 Å². The maximum absolute atomic E-state index is 12.0.